The molecule has 130 valence electrons. The topological polar surface area (TPSA) is 49.3 Å². The molecule has 1 saturated carbocycles. The van der Waals surface area contributed by atoms with Gasteiger partial charge in [0, 0.05) is 28.9 Å². The molecule has 0 saturated heterocycles. The van der Waals surface area contributed by atoms with E-state index >= 15 is 0 Å². The number of nitrogens with one attached hydrogen (secondary N) is 2. The van der Waals surface area contributed by atoms with Crippen molar-refractivity contribution in [2.75, 3.05) is 7.05 Å². The van der Waals surface area contributed by atoms with Crippen molar-refractivity contribution >= 4 is 52.9 Å². The first kappa shape index (κ1) is 19.5. The van der Waals surface area contributed by atoms with E-state index in [-0.39, 0.29) is 24.0 Å². The number of benzene rings is 1. The van der Waals surface area contributed by atoms with Crippen molar-refractivity contribution in [2.45, 2.75) is 38.8 Å². The summed E-state index contributed by atoms with van der Waals surface area (Å²) in [6.07, 6.45) is 1.11. The molecule has 1 aromatic carbocycles. The van der Waals surface area contributed by atoms with Gasteiger partial charge in [-0.25, -0.2) is 4.98 Å². The Bertz CT molecular complexity index is 712. The number of hydrogen-bond donors (Lipinski definition) is 2. The minimum atomic E-state index is 0. The van der Waals surface area contributed by atoms with E-state index in [4.69, 9.17) is 11.6 Å². The number of nitrogens with zero attached hydrogens (tertiary/aromatic N) is 2. The molecule has 2 aromatic rings. The van der Waals surface area contributed by atoms with Crippen LogP contribution in [0.1, 0.15) is 33.5 Å². The second-order valence-corrected chi connectivity index (χ2v) is 7.55. The lowest BCUT2D eigenvalue weighted by Crippen LogP contribution is -2.38. The van der Waals surface area contributed by atoms with E-state index < -0.39 is 0 Å². The van der Waals surface area contributed by atoms with Gasteiger partial charge in [-0.15, -0.1) is 35.3 Å². The molecule has 3 rings (SSSR count). The predicted molar refractivity (Wildman–Crippen MR) is 113 cm³/mol. The van der Waals surface area contributed by atoms with Gasteiger partial charge in [0.25, 0.3) is 0 Å². The van der Waals surface area contributed by atoms with Crippen molar-refractivity contribution in [3.63, 3.8) is 0 Å². The van der Waals surface area contributed by atoms with E-state index in [1.807, 2.05) is 25.1 Å². The predicted octanol–water partition coefficient (Wildman–Crippen LogP) is 4.25. The first-order chi connectivity index (χ1) is 11.1. The Kier molecular flexibility index (Phi) is 6.88. The van der Waals surface area contributed by atoms with Gasteiger partial charge >= 0.3 is 0 Å². The fourth-order valence-electron chi connectivity index (χ4n) is 2.60. The van der Waals surface area contributed by atoms with Crippen LogP contribution in [0.4, 0.5) is 0 Å². The van der Waals surface area contributed by atoms with Gasteiger partial charge in [-0.2, -0.15) is 0 Å². The Labute approximate surface area is 169 Å². The molecule has 2 atom stereocenters. The number of halogens is 2. The van der Waals surface area contributed by atoms with E-state index in [0.29, 0.717) is 18.5 Å². The molecule has 0 radical (unpaired) electrons. The zero-order valence-corrected chi connectivity index (χ0v) is 17.9. The Hall–Kier alpha value is -0.860. The van der Waals surface area contributed by atoms with Crippen molar-refractivity contribution in [1.29, 1.82) is 0 Å². The van der Waals surface area contributed by atoms with E-state index in [2.05, 4.69) is 33.6 Å². The summed E-state index contributed by atoms with van der Waals surface area (Å²) in [6, 6.07) is 8.52. The molecule has 1 heterocycles. The van der Waals surface area contributed by atoms with Crippen LogP contribution >= 0.6 is 46.9 Å². The van der Waals surface area contributed by atoms with Gasteiger partial charge in [0.2, 0.25) is 0 Å². The fraction of sp³-hybridized carbons (Fsp3) is 0.412. The quantitative estimate of drug-likeness (QED) is 0.394. The maximum absolute atomic E-state index is 6.07. The first-order valence-corrected chi connectivity index (χ1v) is 8.92. The van der Waals surface area contributed by atoms with E-state index in [1.54, 1.807) is 18.4 Å². The standard InChI is InChI=1S/C17H21ClN4S.HI/c1-10-11(2)23-16(21-10)9-20-17(19-3)22-15-8-14(15)12-5-4-6-13(18)7-12;/h4-7,14-15H,8-9H2,1-3H3,(H2,19,20,22);1H. The molecule has 1 aromatic heterocycles. The maximum atomic E-state index is 6.07. The van der Waals surface area contributed by atoms with Crippen LogP contribution in [0, 0.1) is 13.8 Å². The molecule has 7 heteroatoms. The number of guanidine groups is 1. The monoisotopic (exact) mass is 476 g/mol. The number of aliphatic imine (C=N–C) groups is 1. The molecular formula is C17H22ClIN4S. The van der Waals surface area contributed by atoms with Crippen LogP contribution < -0.4 is 10.6 Å². The van der Waals surface area contributed by atoms with Crippen molar-refractivity contribution in [3.8, 4) is 0 Å². The number of hydrogen-bond acceptors (Lipinski definition) is 3. The highest BCUT2D eigenvalue weighted by atomic mass is 127. The molecule has 0 aliphatic heterocycles. The Morgan fingerprint density at radius 2 is 2.21 bits per heavy atom. The molecule has 2 N–H and O–H groups in total. The van der Waals surface area contributed by atoms with Gasteiger partial charge in [-0.05, 0) is 38.0 Å². The molecule has 1 aliphatic carbocycles. The Morgan fingerprint density at radius 3 is 2.83 bits per heavy atom. The van der Waals surface area contributed by atoms with Crippen LogP contribution in [0.25, 0.3) is 0 Å². The van der Waals surface area contributed by atoms with Crippen molar-refractivity contribution in [3.05, 3.63) is 50.4 Å². The first-order valence-electron chi connectivity index (χ1n) is 7.72. The van der Waals surface area contributed by atoms with Crippen LogP contribution in [0.3, 0.4) is 0 Å². The van der Waals surface area contributed by atoms with Gasteiger partial charge < -0.3 is 10.6 Å². The van der Waals surface area contributed by atoms with E-state index in [9.17, 15) is 0 Å². The van der Waals surface area contributed by atoms with Crippen molar-refractivity contribution in [1.82, 2.24) is 15.6 Å². The second-order valence-electron chi connectivity index (χ2n) is 5.82. The van der Waals surface area contributed by atoms with Gasteiger partial charge in [0.05, 0.1) is 12.2 Å². The van der Waals surface area contributed by atoms with Crippen LogP contribution in [0.5, 0.6) is 0 Å². The molecule has 1 fully saturated rings. The summed E-state index contributed by atoms with van der Waals surface area (Å²) in [7, 11) is 1.80. The lowest BCUT2D eigenvalue weighted by atomic mass is 10.1. The van der Waals surface area contributed by atoms with Gasteiger partial charge in [0.1, 0.15) is 5.01 Å². The van der Waals surface area contributed by atoms with Gasteiger partial charge in [-0.1, -0.05) is 23.7 Å². The van der Waals surface area contributed by atoms with Crippen LogP contribution in [-0.4, -0.2) is 24.0 Å². The van der Waals surface area contributed by atoms with Crippen molar-refractivity contribution in [2.24, 2.45) is 4.99 Å². The number of rotatable bonds is 4. The average molecular weight is 477 g/mol. The SMILES string of the molecule is CN=C(NCc1nc(C)c(C)s1)NC1CC1c1cccc(Cl)c1.I. The smallest absolute Gasteiger partial charge is 0.191 e. The van der Waals surface area contributed by atoms with Crippen LogP contribution in [0.15, 0.2) is 29.3 Å². The summed E-state index contributed by atoms with van der Waals surface area (Å²) in [6.45, 7) is 4.85. The minimum Gasteiger partial charge on any atom is -0.353 e. The maximum Gasteiger partial charge on any atom is 0.191 e. The summed E-state index contributed by atoms with van der Waals surface area (Å²) in [4.78, 5) is 10.1. The Balaban J connectivity index is 0.00000208. The lowest BCUT2D eigenvalue weighted by molar-refractivity contribution is 0.786. The number of aromatic nitrogens is 1. The second kappa shape index (κ2) is 8.49. The van der Waals surface area contributed by atoms with Crippen LogP contribution in [0.2, 0.25) is 5.02 Å². The van der Waals surface area contributed by atoms with Crippen molar-refractivity contribution < 1.29 is 0 Å². The fourth-order valence-corrected chi connectivity index (χ4v) is 3.68. The molecular weight excluding hydrogens is 455 g/mol. The van der Waals surface area contributed by atoms with Gasteiger partial charge in [0.15, 0.2) is 5.96 Å². The van der Waals surface area contributed by atoms with E-state index in [0.717, 1.165) is 28.1 Å². The lowest BCUT2D eigenvalue weighted by Gasteiger charge is -2.11. The summed E-state index contributed by atoms with van der Waals surface area (Å²) in [5.41, 5.74) is 2.40. The summed E-state index contributed by atoms with van der Waals surface area (Å²) < 4.78 is 0. The van der Waals surface area contributed by atoms with Crippen LogP contribution in [-0.2, 0) is 6.54 Å². The highest BCUT2D eigenvalue weighted by Gasteiger charge is 2.39. The zero-order chi connectivity index (χ0) is 16.4. The summed E-state index contributed by atoms with van der Waals surface area (Å²) >= 11 is 7.80. The largest absolute Gasteiger partial charge is 0.353 e. The Morgan fingerprint density at radius 1 is 1.42 bits per heavy atom. The summed E-state index contributed by atoms with van der Waals surface area (Å²) in [5, 5.41) is 8.70. The number of aryl methyl sites for hydroxylation is 2. The highest BCUT2D eigenvalue weighted by molar-refractivity contribution is 14.0. The highest BCUT2D eigenvalue weighted by Crippen LogP contribution is 2.41. The third-order valence-electron chi connectivity index (χ3n) is 4.09. The molecule has 2 unspecified atom stereocenters. The molecule has 0 spiro atoms. The molecule has 1 aliphatic rings. The average Bonchev–Trinajstić information content (AvgIpc) is 3.22. The molecule has 0 bridgehead atoms. The molecule has 24 heavy (non-hydrogen) atoms. The van der Waals surface area contributed by atoms with Gasteiger partial charge in [-0.3, -0.25) is 4.99 Å². The molecule has 0 amide bonds. The third kappa shape index (κ3) is 4.83. The summed E-state index contributed by atoms with van der Waals surface area (Å²) in [5.74, 6) is 1.33. The zero-order valence-electron chi connectivity index (χ0n) is 14.0. The van der Waals surface area contributed by atoms with E-state index in [1.165, 1.54) is 10.4 Å². The number of thiazole rings is 1. The normalized spacial score (nSPS) is 19.6. The molecule has 4 nitrogen and oxygen atoms in total. The minimum absolute atomic E-state index is 0. The third-order valence-corrected chi connectivity index (χ3v) is 5.40.